The second kappa shape index (κ2) is 14.0. The van der Waals surface area contributed by atoms with Crippen molar-refractivity contribution < 1.29 is 23.5 Å². The highest BCUT2D eigenvalue weighted by Gasteiger charge is 2.40. The first-order valence-electron chi connectivity index (χ1n) is 16.5. The van der Waals surface area contributed by atoms with Gasteiger partial charge in [-0.3, -0.25) is 24.6 Å². The Kier molecular flexibility index (Phi) is 9.52. The van der Waals surface area contributed by atoms with E-state index < -0.39 is 23.2 Å². The van der Waals surface area contributed by atoms with E-state index in [1.807, 2.05) is 11.4 Å². The summed E-state index contributed by atoms with van der Waals surface area (Å²) >= 11 is 8.01. The number of anilines is 2. The molecule has 3 fully saturated rings. The molecule has 0 spiro atoms. The maximum absolute atomic E-state index is 15.7. The minimum absolute atomic E-state index is 0.0125. The van der Waals surface area contributed by atoms with Crippen LogP contribution in [0.2, 0.25) is 5.02 Å². The summed E-state index contributed by atoms with van der Waals surface area (Å²) in [7, 11) is 0. The second-order valence-corrected chi connectivity index (χ2v) is 14.4. The predicted octanol–water partition coefficient (Wildman–Crippen LogP) is 4.57. The molecule has 15 heteroatoms. The first kappa shape index (κ1) is 33.3. The van der Waals surface area contributed by atoms with Crippen LogP contribution >= 0.6 is 22.9 Å². The van der Waals surface area contributed by atoms with Gasteiger partial charge in [-0.25, -0.2) is 14.4 Å². The van der Waals surface area contributed by atoms with Gasteiger partial charge in [-0.15, -0.1) is 11.3 Å². The van der Waals surface area contributed by atoms with E-state index in [2.05, 4.69) is 31.9 Å². The molecule has 0 saturated carbocycles. The number of likely N-dealkylation sites (tertiary alicyclic amines) is 1. The standard InChI is InChI=1S/C34H36ClFN8O4S/c35-25-14-38-28(13-23(25)26-17-49-33(41-26)39-19-34(18-37)7-11-48-12-8-34)40-21-5-9-43(10-6-21)15-20-1-2-22-24(30(20)36)16-44(32(22)47)27-3-4-29(45)42-31(27)46/h1-2,13-14,17,21,27H,3-12,15-16,19H2,(H,38,40)(H,39,41)(H,42,45,46). The lowest BCUT2D eigenvalue weighted by Gasteiger charge is -2.32. The van der Waals surface area contributed by atoms with Crippen molar-refractivity contribution in [2.24, 2.45) is 5.41 Å². The van der Waals surface area contributed by atoms with Crippen molar-refractivity contribution in [1.29, 1.82) is 5.26 Å². The molecule has 12 nitrogen and oxygen atoms in total. The molecule has 3 N–H and O–H groups in total. The summed E-state index contributed by atoms with van der Waals surface area (Å²) < 4.78 is 21.2. The highest BCUT2D eigenvalue weighted by atomic mass is 35.5. The third-order valence-electron chi connectivity index (χ3n) is 9.96. The van der Waals surface area contributed by atoms with E-state index in [0.29, 0.717) is 61.1 Å². The molecular formula is C34H36ClFN8O4S. The maximum atomic E-state index is 15.7. The average Bonchev–Trinajstić information content (AvgIpc) is 3.72. The first-order valence-corrected chi connectivity index (χ1v) is 17.8. The van der Waals surface area contributed by atoms with E-state index in [1.165, 1.54) is 16.2 Å². The smallest absolute Gasteiger partial charge is 0.255 e. The van der Waals surface area contributed by atoms with Gasteiger partial charge < -0.3 is 20.3 Å². The van der Waals surface area contributed by atoms with Crippen LogP contribution in [0.5, 0.6) is 0 Å². The van der Waals surface area contributed by atoms with Crippen LogP contribution < -0.4 is 16.0 Å². The van der Waals surface area contributed by atoms with Crippen LogP contribution in [-0.2, 0) is 27.4 Å². The molecule has 0 radical (unpaired) electrons. The Morgan fingerprint density at radius 2 is 1.96 bits per heavy atom. The SMILES string of the molecule is N#CC1(CNc2nc(-c3cc(NC4CCN(Cc5ccc6c(c5F)CN(C5CCC(=O)NC5=O)C6=O)CC4)ncc3Cl)cs2)CCOCC1. The number of thiazole rings is 1. The molecule has 3 aromatic rings. The van der Waals surface area contributed by atoms with Crippen molar-refractivity contribution in [3.8, 4) is 17.3 Å². The van der Waals surface area contributed by atoms with Crippen molar-refractivity contribution in [1.82, 2.24) is 25.1 Å². The Hall–Kier alpha value is -4.16. The van der Waals surface area contributed by atoms with E-state index in [-0.39, 0.29) is 42.8 Å². The number of aromatic nitrogens is 2. The number of carbonyl (C=O) groups is 3. The Balaban J connectivity index is 0.935. The van der Waals surface area contributed by atoms with Crippen LogP contribution in [0.3, 0.4) is 0 Å². The van der Waals surface area contributed by atoms with Gasteiger partial charge in [-0.1, -0.05) is 17.7 Å². The third kappa shape index (κ3) is 6.98. The number of nitriles is 1. The lowest BCUT2D eigenvalue weighted by molar-refractivity contribution is -0.136. The lowest BCUT2D eigenvalue weighted by Crippen LogP contribution is -2.52. The molecule has 1 unspecified atom stereocenters. The molecule has 256 valence electrons. The maximum Gasteiger partial charge on any atom is 0.255 e. The number of nitrogens with zero attached hydrogens (tertiary/aromatic N) is 5. The molecule has 6 heterocycles. The lowest BCUT2D eigenvalue weighted by atomic mass is 9.82. The van der Waals surface area contributed by atoms with Gasteiger partial charge >= 0.3 is 0 Å². The van der Waals surface area contributed by atoms with Crippen LogP contribution in [-0.4, -0.2) is 82.4 Å². The Morgan fingerprint density at radius 1 is 1.16 bits per heavy atom. The quantitative estimate of drug-likeness (QED) is 0.270. The number of ether oxygens (including phenoxy) is 1. The van der Waals surface area contributed by atoms with Gasteiger partial charge in [0.05, 0.1) is 28.7 Å². The molecule has 7 rings (SSSR count). The van der Waals surface area contributed by atoms with Gasteiger partial charge in [0.1, 0.15) is 17.7 Å². The van der Waals surface area contributed by atoms with Crippen molar-refractivity contribution in [2.45, 2.75) is 63.7 Å². The zero-order valence-corrected chi connectivity index (χ0v) is 28.3. The molecular weight excluding hydrogens is 671 g/mol. The van der Waals surface area contributed by atoms with Crippen LogP contribution in [0.1, 0.15) is 60.0 Å². The number of hydrogen-bond acceptors (Lipinski definition) is 11. The monoisotopic (exact) mass is 706 g/mol. The molecule has 49 heavy (non-hydrogen) atoms. The fraction of sp³-hybridized carbons (Fsp3) is 0.471. The Labute approximate surface area is 292 Å². The van der Waals surface area contributed by atoms with Gasteiger partial charge in [0, 0.05) is 85.7 Å². The number of piperidine rings is 2. The summed E-state index contributed by atoms with van der Waals surface area (Å²) in [6.45, 7) is 3.59. The molecule has 4 aliphatic rings. The number of amides is 3. The molecule has 3 saturated heterocycles. The summed E-state index contributed by atoms with van der Waals surface area (Å²) in [5.74, 6) is -0.969. The number of rotatable bonds is 9. The molecule has 4 aliphatic heterocycles. The molecule has 1 aromatic carbocycles. The van der Waals surface area contributed by atoms with Crippen LogP contribution in [0.15, 0.2) is 29.8 Å². The van der Waals surface area contributed by atoms with E-state index in [4.69, 9.17) is 21.3 Å². The number of benzene rings is 1. The average molecular weight is 707 g/mol. The van der Waals surface area contributed by atoms with Crippen molar-refractivity contribution in [3.63, 3.8) is 0 Å². The minimum Gasteiger partial charge on any atom is -0.381 e. The minimum atomic E-state index is -0.778. The van der Waals surface area contributed by atoms with Crippen molar-refractivity contribution >= 4 is 51.6 Å². The van der Waals surface area contributed by atoms with E-state index in [0.717, 1.165) is 42.3 Å². The van der Waals surface area contributed by atoms with E-state index in [1.54, 1.807) is 18.3 Å². The van der Waals surface area contributed by atoms with Crippen LogP contribution in [0.25, 0.3) is 11.3 Å². The molecule has 0 aliphatic carbocycles. The fourth-order valence-corrected chi connectivity index (χ4v) is 7.90. The zero-order chi connectivity index (χ0) is 34.1. The van der Waals surface area contributed by atoms with E-state index in [9.17, 15) is 19.6 Å². The van der Waals surface area contributed by atoms with Crippen LogP contribution in [0, 0.1) is 22.6 Å². The summed E-state index contributed by atoms with van der Waals surface area (Å²) in [6, 6.07) is 7.07. The summed E-state index contributed by atoms with van der Waals surface area (Å²) in [5, 5.41) is 22.1. The summed E-state index contributed by atoms with van der Waals surface area (Å²) in [6.07, 6.45) is 5.04. The third-order valence-corrected chi connectivity index (χ3v) is 11.1. The molecule has 2 aromatic heterocycles. The largest absolute Gasteiger partial charge is 0.381 e. The zero-order valence-electron chi connectivity index (χ0n) is 26.8. The second-order valence-electron chi connectivity index (χ2n) is 13.1. The predicted molar refractivity (Wildman–Crippen MR) is 181 cm³/mol. The number of pyridine rings is 1. The highest BCUT2D eigenvalue weighted by molar-refractivity contribution is 7.14. The number of nitrogens with one attached hydrogen (secondary N) is 3. The van der Waals surface area contributed by atoms with Gasteiger partial charge in [0.2, 0.25) is 11.8 Å². The highest BCUT2D eigenvalue weighted by Crippen LogP contribution is 2.35. The van der Waals surface area contributed by atoms with Crippen molar-refractivity contribution in [3.05, 3.63) is 57.3 Å². The number of fused-ring (bicyclic) bond motifs is 1. The topological polar surface area (TPSA) is 153 Å². The van der Waals surface area contributed by atoms with Crippen molar-refractivity contribution in [2.75, 3.05) is 43.5 Å². The Bertz CT molecular complexity index is 1820. The van der Waals surface area contributed by atoms with Gasteiger partial charge in [-0.05, 0) is 44.2 Å². The number of hydrogen-bond donors (Lipinski definition) is 3. The van der Waals surface area contributed by atoms with E-state index >= 15 is 4.39 Å². The van der Waals surface area contributed by atoms with Gasteiger partial charge in [0.25, 0.3) is 5.91 Å². The summed E-state index contributed by atoms with van der Waals surface area (Å²) in [4.78, 5) is 49.8. The molecule has 3 amide bonds. The first-order chi connectivity index (χ1) is 23.7. The summed E-state index contributed by atoms with van der Waals surface area (Å²) in [5.41, 5.74) is 2.14. The number of halogens is 2. The Morgan fingerprint density at radius 3 is 2.71 bits per heavy atom. The van der Waals surface area contributed by atoms with Crippen LogP contribution in [0.4, 0.5) is 15.3 Å². The fourth-order valence-electron chi connectivity index (χ4n) is 6.99. The normalized spacial score (nSPS) is 21.3. The molecule has 1 atom stereocenters. The number of carbonyl (C=O) groups excluding carboxylic acids is 3. The van der Waals surface area contributed by atoms with Gasteiger partial charge in [-0.2, -0.15) is 5.26 Å². The number of imide groups is 1. The molecule has 0 bridgehead atoms. The van der Waals surface area contributed by atoms with Gasteiger partial charge in [0.15, 0.2) is 5.13 Å².